The molecular weight excluding hydrogens is 743 g/mol. The maximum atomic E-state index is 13.9. The number of hydrogen-bond acceptors (Lipinski definition) is 10. The summed E-state index contributed by atoms with van der Waals surface area (Å²) in [6.45, 7) is 14.3. The minimum atomic E-state index is -1.02. The summed E-state index contributed by atoms with van der Waals surface area (Å²) >= 11 is 0. The van der Waals surface area contributed by atoms with E-state index in [0.717, 1.165) is 65.9 Å². The van der Waals surface area contributed by atoms with E-state index in [1.165, 1.54) is 7.11 Å². The maximum absolute atomic E-state index is 13.9. The first kappa shape index (κ1) is 40.6. The number of amides is 1. The summed E-state index contributed by atoms with van der Waals surface area (Å²) in [7, 11) is 1.47. The highest BCUT2D eigenvalue weighted by Crippen LogP contribution is 2.61. The van der Waals surface area contributed by atoms with Gasteiger partial charge in [0.05, 0.1) is 11.7 Å². The second-order valence-corrected chi connectivity index (χ2v) is 18.2. The van der Waals surface area contributed by atoms with Crippen molar-refractivity contribution < 1.29 is 56.9 Å². The third-order valence-electron chi connectivity index (χ3n) is 14.8. The zero-order chi connectivity index (χ0) is 41.1. The number of primary amides is 1. The predicted octanol–water partition coefficient (Wildman–Crippen LogP) is 3.16. The molecule has 13 heteroatoms. The van der Waals surface area contributed by atoms with Crippen LogP contribution in [0.5, 0.6) is 0 Å². The van der Waals surface area contributed by atoms with E-state index in [1.807, 2.05) is 57.2 Å². The number of fused-ring (bicyclic) bond motifs is 3. The Morgan fingerprint density at radius 1 is 1.05 bits per heavy atom. The van der Waals surface area contributed by atoms with E-state index in [-0.39, 0.29) is 30.1 Å². The average Bonchev–Trinajstić information content (AvgIpc) is 3.81. The molecule has 312 valence electrons. The number of quaternary nitrogens is 2. The van der Waals surface area contributed by atoms with Crippen molar-refractivity contribution in [3.8, 4) is 0 Å². The fraction of sp³-hybridized carbons (Fsp3) is 0.600. The van der Waals surface area contributed by atoms with Crippen LogP contribution in [0.25, 0.3) is 0 Å². The smallest absolute Gasteiger partial charge is 0.338 e. The Bertz CT molecular complexity index is 1930. The number of cyclic esters (lactones) is 1. The first-order chi connectivity index (χ1) is 27.7. The average molecular weight is 802 g/mol. The summed E-state index contributed by atoms with van der Waals surface area (Å²) in [5, 5.41) is 12.1. The fourth-order valence-corrected chi connectivity index (χ4v) is 11.5. The molecule has 1 aromatic carbocycles. The van der Waals surface area contributed by atoms with Gasteiger partial charge in [0, 0.05) is 47.8 Å². The molecule has 12 atom stereocenters. The minimum absolute atomic E-state index is 0.221. The minimum Gasteiger partial charge on any atom is -0.456 e. The number of benzene rings is 1. The highest BCUT2D eigenvalue weighted by atomic mass is 16.6. The molecule has 4 saturated heterocycles. The molecule has 8 aliphatic rings. The first-order valence-corrected chi connectivity index (χ1v) is 21.0. The summed E-state index contributed by atoms with van der Waals surface area (Å²) in [6.07, 6.45) is 7.65. The molecule has 6 bridgehead atoms. The lowest BCUT2D eigenvalue weighted by Crippen LogP contribution is -2.75. The Balaban J connectivity index is 1.01. The lowest BCUT2D eigenvalue weighted by molar-refractivity contribution is -1.08. The third-order valence-corrected chi connectivity index (χ3v) is 14.8. The van der Waals surface area contributed by atoms with Gasteiger partial charge in [-0.15, -0.1) is 0 Å². The number of aliphatic hydroxyl groups is 1. The van der Waals surface area contributed by atoms with Crippen LogP contribution in [0.15, 0.2) is 71.9 Å². The van der Waals surface area contributed by atoms with Crippen LogP contribution in [0.2, 0.25) is 0 Å². The van der Waals surface area contributed by atoms with Gasteiger partial charge in [0.1, 0.15) is 75.8 Å². The summed E-state index contributed by atoms with van der Waals surface area (Å²) in [5.74, 6) is -3.51. The highest BCUT2D eigenvalue weighted by molar-refractivity contribution is 5.90. The number of nitrogens with two attached hydrogens (primary N) is 1. The van der Waals surface area contributed by atoms with Crippen molar-refractivity contribution in [3.63, 3.8) is 0 Å². The summed E-state index contributed by atoms with van der Waals surface area (Å²) in [6, 6.07) is 7.55. The van der Waals surface area contributed by atoms with Gasteiger partial charge in [-0.25, -0.2) is 14.4 Å². The molecule has 0 aromatic heterocycles. The quantitative estimate of drug-likeness (QED) is 0.156. The summed E-state index contributed by atoms with van der Waals surface area (Å²) < 4.78 is 33.0. The van der Waals surface area contributed by atoms with E-state index in [1.54, 1.807) is 19.1 Å². The first-order valence-electron chi connectivity index (χ1n) is 21.0. The molecule has 3 N–H and O–H groups in total. The molecule has 3 aliphatic carbocycles. The van der Waals surface area contributed by atoms with Gasteiger partial charge in [0.15, 0.2) is 12.6 Å². The van der Waals surface area contributed by atoms with E-state index in [4.69, 9.17) is 29.4 Å². The highest BCUT2D eigenvalue weighted by Gasteiger charge is 2.69. The van der Waals surface area contributed by atoms with Gasteiger partial charge >= 0.3 is 17.9 Å². The Labute approximate surface area is 340 Å². The van der Waals surface area contributed by atoms with Crippen molar-refractivity contribution in [1.29, 1.82) is 0 Å². The van der Waals surface area contributed by atoms with Crippen molar-refractivity contribution in [2.45, 2.75) is 89.3 Å². The van der Waals surface area contributed by atoms with Crippen LogP contribution in [0.4, 0.5) is 0 Å². The Hall–Kier alpha value is -4.14. The number of piperazine rings is 3. The Morgan fingerprint density at radius 2 is 1.78 bits per heavy atom. The number of esters is 3. The molecule has 5 aliphatic heterocycles. The van der Waals surface area contributed by atoms with Gasteiger partial charge in [-0.05, 0) is 44.4 Å². The van der Waals surface area contributed by atoms with E-state index >= 15 is 0 Å². The molecule has 1 spiro atoms. The topological polar surface area (TPSA) is 161 Å². The third kappa shape index (κ3) is 7.06. The van der Waals surface area contributed by atoms with Crippen molar-refractivity contribution in [3.05, 3.63) is 83.0 Å². The molecule has 58 heavy (non-hydrogen) atoms. The standard InChI is InChI=1S/C45H58N3O10/c1-26-21-27(2)45-33(13-14-34-37(45)38(50)28(3)40(41(34)58-45)57-42(51)31-10-6-7-11-31)23-35(54-5)44(53)56-39(26)29(4)55-43(52)32-12-8-9-30(22-32)24-47-15-18-48(19-16-47,20-17-47)25-36(46)49/h6-10,12-14,21-22,26,28-29,33-35,37-41,50H,11,15-20,23-25H2,1-5H3,(H-,46,49)/q+1/p+1/b27-21+/t26-,28-,29-,33?,34-,35+,37+,38-,39+,40-,41-,45+,47?,48?/m1/s1. The molecule has 1 amide bonds. The molecule has 13 nitrogen and oxygen atoms in total. The van der Waals surface area contributed by atoms with Crippen LogP contribution in [0, 0.1) is 29.6 Å². The van der Waals surface area contributed by atoms with E-state index in [0.29, 0.717) is 24.1 Å². The molecule has 5 heterocycles. The molecule has 5 fully saturated rings. The van der Waals surface area contributed by atoms with Crippen LogP contribution in [0.1, 0.15) is 56.5 Å². The van der Waals surface area contributed by atoms with Gasteiger partial charge < -0.3 is 43.5 Å². The van der Waals surface area contributed by atoms with Crippen LogP contribution in [0.3, 0.4) is 0 Å². The number of nitrogens with zero attached hydrogens (tertiary/aromatic N) is 2. The number of carbonyl (C=O) groups is 4. The Kier molecular flexibility index (Phi) is 10.8. The number of carbonyl (C=O) groups excluding carboxylic acids is 4. The monoisotopic (exact) mass is 801 g/mol. The molecule has 9 rings (SSSR count). The number of aliphatic hydroxyl groups excluding tert-OH is 1. The summed E-state index contributed by atoms with van der Waals surface area (Å²) in [4.78, 5) is 52.7. The Morgan fingerprint density at radius 3 is 2.45 bits per heavy atom. The lowest BCUT2D eigenvalue weighted by Gasteiger charge is -2.55. The maximum Gasteiger partial charge on any atom is 0.338 e. The molecule has 0 radical (unpaired) electrons. The number of ether oxygens (including phenoxy) is 5. The number of hydrogen-bond donors (Lipinski definition) is 2. The van der Waals surface area contributed by atoms with Crippen LogP contribution < -0.4 is 5.73 Å². The second kappa shape index (κ2) is 15.5. The van der Waals surface area contributed by atoms with Crippen molar-refractivity contribution in [1.82, 2.24) is 0 Å². The fourth-order valence-electron chi connectivity index (χ4n) is 11.5. The number of allylic oxidation sites excluding steroid dienone is 3. The van der Waals surface area contributed by atoms with Crippen LogP contribution in [-0.4, -0.2) is 133 Å². The van der Waals surface area contributed by atoms with Gasteiger partial charge in [-0.1, -0.05) is 62.4 Å². The SMILES string of the molecule is CO[C@H]1CC2C=C[C@H]3[C@H]4O[C@]2(/C(C)=C/[C@@H](C)[C@@H]([C@@H](C)OC(=O)c2cccc(C[N+]56CC[N+](CC(N)=O)(CC5)CC6)c2)OC1=O)[C@@H]3[C@H](O)[C@@H](C)[C@H]4OC(=O)C1=CC=CC1. The molecule has 1 aromatic rings. The molecule has 1 saturated carbocycles. The van der Waals surface area contributed by atoms with Crippen molar-refractivity contribution in [2.24, 2.45) is 35.3 Å². The second-order valence-electron chi connectivity index (χ2n) is 18.2. The summed E-state index contributed by atoms with van der Waals surface area (Å²) in [5.41, 5.74) is 7.45. The van der Waals surface area contributed by atoms with Crippen LogP contribution >= 0.6 is 0 Å². The van der Waals surface area contributed by atoms with E-state index in [2.05, 4.69) is 12.2 Å². The molecular formula is C45H59N3O10+2. The van der Waals surface area contributed by atoms with Crippen LogP contribution in [-0.2, 0) is 44.6 Å². The van der Waals surface area contributed by atoms with Gasteiger partial charge in [0.2, 0.25) is 0 Å². The lowest BCUT2D eigenvalue weighted by atomic mass is 9.57. The van der Waals surface area contributed by atoms with Gasteiger partial charge in [-0.3, -0.25) is 4.79 Å². The number of rotatable bonds is 10. The zero-order valence-corrected chi connectivity index (χ0v) is 34.3. The predicted molar refractivity (Wildman–Crippen MR) is 211 cm³/mol. The van der Waals surface area contributed by atoms with E-state index in [9.17, 15) is 24.3 Å². The van der Waals surface area contributed by atoms with Gasteiger partial charge in [0.25, 0.3) is 5.91 Å². The number of methoxy groups -OCH3 is 1. The normalized spacial score (nSPS) is 41.4. The largest absolute Gasteiger partial charge is 0.456 e. The molecule has 1 unspecified atom stereocenters. The van der Waals surface area contributed by atoms with Crippen molar-refractivity contribution in [2.75, 3.05) is 52.9 Å². The van der Waals surface area contributed by atoms with E-state index < -0.39 is 72.0 Å². The van der Waals surface area contributed by atoms with Gasteiger partial charge in [-0.2, -0.15) is 0 Å². The van der Waals surface area contributed by atoms with Crippen molar-refractivity contribution >= 4 is 23.8 Å². The zero-order valence-electron chi connectivity index (χ0n) is 34.3.